The van der Waals surface area contributed by atoms with Crippen LogP contribution in [0.1, 0.15) is 20.3 Å². The fourth-order valence-corrected chi connectivity index (χ4v) is 1.43. The highest BCUT2D eigenvalue weighted by Crippen LogP contribution is 2.02. The molecule has 0 aliphatic rings. The summed E-state index contributed by atoms with van der Waals surface area (Å²) in [6, 6.07) is 0. The molecule has 1 unspecified atom stereocenters. The normalized spacial score (nSPS) is 13.9. The molecule has 0 radical (unpaired) electrons. The van der Waals surface area contributed by atoms with E-state index in [1.54, 1.807) is 6.92 Å². The summed E-state index contributed by atoms with van der Waals surface area (Å²) in [4.78, 5) is 0. The molecule has 1 N–H and O–H groups in total. The van der Waals surface area contributed by atoms with Crippen molar-refractivity contribution in [3.63, 3.8) is 0 Å². The topological polar surface area (TPSA) is 54.4 Å². The predicted molar refractivity (Wildman–Crippen MR) is 43.1 cm³/mol. The Morgan fingerprint density at radius 3 is 2.00 bits per heavy atom. The van der Waals surface area contributed by atoms with Gasteiger partial charge in [-0.3, -0.25) is 4.55 Å². The second kappa shape index (κ2) is 4.93. The number of hydrogen-bond donors (Lipinski definition) is 1. The molecule has 0 saturated heterocycles. The Morgan fingerprint density at radius 1 is 1.50 bits per heavy atom. The molecule has 0 aliphatic heterocycles. The zero-order valence-electron chi connectivity index (χ0n) is 6.07. The van der Waals surface area contributed by atoms with Crippen molar-refractivity contribution in [2.45, 2.75) is 20.3 Å². The SMILES string of the molecule is CCC(C)CS(=O)(=O)O.Cl. The van der Waals surface area contributed by atoms with Gasteiger partial charge in [-0.25, -0.2) is 0 Å². The fraction of sp³-hybridized carbons (Fsp3) is 1.00. The monoisotopic (exact) mass is 188 g/mol. The van der Waals surface area contributed by atoms with E-state index < -0.39 is 10.1 Å². The van der Waals surface area contributed by atoms with Gasteiger partial charge >= 0.3 is 0 Å². The van der Waals surface area contributed by atoms with E-state index in [1.165, 1.54) is 0 Å². The Balaban J connectivity index is 0. The van der Waals surface area contributed by atoms with E-state index in [-0.39, 0.29) is 24.1 Å². The molecular formula is C5H13ClO3S. The van der Waals surface area contributed by atoms with E-state index in [0.717, 1.165) is 6.42 Å². The lowest BCUT2D eigenvalue weighted by Crippen LogP contribution is -2.11. The molecule has 3 nitrogen and oxygen atoms in total. The number of halogens is 1. The van der Waals surface area contributed by atoms with Crippen LogP contribution in [0.25, 0.3) is 0 Å². The Morgan fingerprint density at radius 2 is 1.90 bits per heavy atom. The van der Waals surface area contributed by atoms with Gasteiger partial charge in [0.25, 0.3) is 10.1 Å². The highest BCUT2D eigenvalue weighted by Gasteiger charge is 2.09. The third kappa shape index (κ3) is 8.20. The minimum atomic E-state index is -3.74. The van der Waals surface area contributed by atoms with Crippen molar-refractivity contribution >= 4 is 22.5 Å². The van der Waals surface area contributed by atoms with Crippen molar-refractivity contribution in [1.29, 1.82) is 0 Å². The first-order valence-electron chi connectivity index (χ1n) is 2.91. The van der Waals surface area contributed by atoms with Crippen molar-refractivity contribution in [1.82, 2.24) is 0 Å². The van der Waals surface area contributed by atoms with Crippen LogP contribution >= 0.6 is 12.4 Å². The summed E-state index contributed by atoms with van der Waals surface area (Å²) in [5.41, 5.74) is 0. The Hall–Kier alpha value is 0.200. The molecule has 1 atom stereocenters. The Labute approximate surface area is 68.0 Å². The predicted octanol–water partition coefficient (Wildman–Crippen LogP) is 1.34. The smallest absolute Gasteiger partial charge is 0.265 e. The average Bonchev–Trinajstić information content (AvgIpc) is 1.62. The van der Waals surface area contributed by atoms with Gasteiger partial charge in [-0.1, -0.05) is 20.3 Å². The molecule has 0 fully saturated rings. The van der Waals surface area contributed by atoms with Crippen molar-refractivity contribution < 1.29 is 13.0 Å². The summed E-state index contributed by atoms with van der Waals surface area (Å²) in [6.07, 6.45) is 0.778. The third-order valence-corrected chi connectivity index (χ3v) is 2.18. The van der Waals surface area contributed by atoms with Gasteiger partial charge in [-0.15, -0.1) is 12.4 Å². The molecule has 0 aromatic rings. The number of hydrogen-bond acceptors (Lipinski definition) is 2. The molecular weight excluding hydrogens is 176 g/mol. The van der Waals surface area contributed by atoms with Gasteiger partial charge < -0.3 is 0 Å². The van der Waals surface area contributed by atoms with Crippen LogP contribution in [0, 0.1) is 5.92 Å². The molecule has 10 heavy (non-hydrogen) atoms. The largest absolute Gasteiger partial charge is 0.286 e. The van der Waals surface area contributed by atoms with Crippen LogP contribution in [-0.2, 0) is 10.1 Å². The molecule has 0 aliphatic carbocycles. The summed E-state index contributed by atoms with van der Waals surface area (Å²) in [6.45, 7) is 3.67. The summed E-state index contributed by atoms with van der Waals surface area (Å²) >= 11 is 0. The van der Waals surface area contributed by atoms with Gasteiger partial charge in [0.2, 0.25) is 0 Å². The Kier molecular flexibility index (Phi) is 6.33. The van der Waals surface area contributed by atoms with E-state index in [1.807, 2.05) is 6.92 Å². The van der Waals surface area contributed by atoms with Crippen molar-refractivity contribution in [3.8, 4) is 0 Å². The lowest BCUT2D eigenvalue weighted by molar-refractivity contribution is 0.467. The van der Waals surface area contributed by atoms with Gasteiger partial charge in [0.05, 0.1) is 5.75 Å². The van der Waals surface area contributed by atoms with Gasteiger partial charge in [-0.05, 0) is 5.92 Å². The second-order valence-corrected chi connectivity index (χ2v) is 3.76. The van der Waals surface area contributed by atoms with Gasteiger partial charge in [0.1, 0.15) is 0 Å². The molecule has 0 heterocycles. The average molecular weight is 189 g/mol. The maximum atomic E-state index is 10.2. The van der Waals surface area contributed by atoms with Crippen molar-refractivity contribution in [2.24, 2.45) is 5.92 Å². The lowest BCUT2D eigenvalue weighted by Gasteiger charge is -2.02. The van der Waals surface area contributed by atoms with Gasteiger partial charge in [-0.2, -0.15) is 8.42 Å². The molecule has 0 rings (SSSR count). The van der Waals surface area contributed by atoms with Crippen LogP contribution in [0.3, 0.4) is 0 Å². The van der Waals surface area contributed by atoms with Crippen molar-refractivity contribution in [2.75, 3.05) is 5.75 Å². The highest BCUT2D eigenvalue weighted by molar-refractivity contribution is 7.85. The van der Waals surface area contributed by atoms with E-state index in [0.29, 0.717) is 0 Å². The standard InChI is InChI=1S/C5H12O3S.ClH/c1-3-5(2)4-9(6,7)8;/h5H,3-4H2,1-2H3,(H,6,7,8);1H. The third-order valence-electron chi connectivity index (χ3n) is 1.19. The molecule has 0 spiro atoms. The molecule has 5 heteroatoms. The molecule has 0 bridgehead atoms. The molecule has 64 valence electrons. The zero-order chi connectivity index (χ0) is 7.49. The molecule has 0 aromatic heterocycles. The maximum Gasteiger partial charge on any atom is 0.265 e. The summed E-state index contributed by atoms with van der Waals surface area (Å²) in [7, 11) is -3.74. The lowest BCUT2D eigenvalue weighted by atomic mass is 10.2. The van der Waals surface area contributed by atoms with Crippen LogP contribution in [0.15, 0.2) is 0 Å². The fourth-order valence-electron chi connectivity index (χ4n) is 0.477. The van der Waals surface area contributed by atoms with Gasteiger partial charge in [0, 0.05) is 0 Å². The summed E-state index contributed by atoms with van der Waals surface area (Å²) in [5, 5.41) is 0. The van der Waals surface area contributed by atoms with Crippen LogP contribution < -0.4 is 0 Å². The van der Waals surface area contributed by atoms with Crippen LogP contribution in [0.5, 0.6) is 0 Å². The first-order valence-corrected chi connectivity index (χ1v) is 4.51. The van der Waals surface area contributed by atoms with E-state index in [2.05, 4.69) is 0 Å². The quantitative estimate of drug-likeness (QED) is 0.681. The summed E-state index contributed by atoms with van der Waals surface area (Å²) in [5.74, 6) is -0.0660. The summed E-state index contributed by atoms with van der Waals surface area (Å²) < 4.78 is 28.6. The molecule has 0 aromatic carbocycles. The highest BCUT2D eigenvalue weighted by atomic mass is 35.5. The van der Waals surface area contributed by atoms with E-state index in [9.17, 15) is 8.42 Å². The zero-order valence-corrected chi connectivity index (χ0v) is 7.70. The minimum absolute atomic E-state index is 0. The first kappa shape index (κ1) is 12.8. The molecule has 0 amide bonds. The van der Waals surface area contributed by atoms with E-state index in [4.69, 9.17) is 4.55 Å². The van der Waals surface area contributed by atoms with Crippen LogP contribution in [0.2, 0.25) is 0 Å². The maximum absolute atomic E-state index is 10.2. The van der Waals surface area contributed by atoms with E-state index >= 15 is 0 Å². The molecule has 0 saturated carbocycles. The Bertz CT molecular complexity index is 164. The van der Waals surface area contributed by atoms with Gasteiger partial charge in [0.15, 0.2) is 0 Å². The first-order chi connectivity index (χ1) is 3.95. The van der Waals surface area contributed by atoms with Crippen LogP contribution in [0.4, 0.5) is 0 Å². The van der Waals surface area contributed by atoms with Crippen LogP contribution in [-0.4, -0.2) is 18.7 Å². The minimum Gasteiger partial charge on any atom is -0.286 e. The second-order valence-electron chi connectivity index (χ2n) is 2.26. The van der Waals surface area contributed by atoms with Crippen molar-refractivity contribution in [3.05, 3.63) is 0 Å². The number of rotatable bonds is 3.